The Bertz CT molecular complexity index is 1760. The lowest BCUT2D eigenvalue weighted by Gasteiger charge is -2.33. The molecule has 3 nitrogen and oxygen atoms in total. The lowest BCUT2D eigenvalue weighted by atomic mass is 9.68. The molecule has 2 unspecified atom stereocenters. The first-order valence-electron chi connectivity index (χ1n) is 18.3. The van der Waals surface area contributed by atoms with Crippen LogP contribution in [0.4, 0.5) is 5.69 Å². The van der Waals surface area contributed by atoms with E-state index in [9.17, 15) is 5.26 Å². The molecule has 2 aliphatic carbocycles. The first-order chi connectivity index (χ1) is 22.4. The molecule has 6 rings (SSSR count). The topological polar surface area (TPSA) is 30.0 Å². The van der Waals surface area contributed by atoms with E-state index >= 15 is 0 Å². The second kappa shape index (κ2) is 13.1. The fourth-order valence-electron chi connectivity index (χ4n) is 8.97. The van der Waals surface area contributed by atoms with Crippen molar-refractivity contribution in [3.63, 3.8) is 0 Å². The zero-order chi connectivity index (χ0) is 33.5. The Balaban J connectivity index is 1.40. The van der Waals surface area contributed by atoms with E-state index in [4.69, 9.17) is 0 Å². The van der Waals surface area contributed by atoms with E-state index in [0.717, 1.165) is 19.5 Å². The molecule has 2 heterocycles. The molecule has 0 radical (unpaired) electrons. The van der Waals surface area contributed by atoms with Crippen LogP contribution < -0.4 is 4.90 Å². The second-order valence-electron chi connectivity index (χ2n) is 16.3. The van der Waals surface area contributed by atoms with Gasteiger partial charge in [0.15, 0.2) is 11.8 Å². The van der Waals surface area contributed by atoms with E-state index in [1.165, 1.54) is 65.5 Å². The summed E-state index contributed by atoms with van der Waals surface area (Å²) in [5.74, 6) is 1.97. The summed E-state index contributed by atoms with van der Waals surface area (Å²) in [5.41, 5.74) is 9.04. The Hall–Kier alpha value is -3.64. The quantitative estimate of drug-likeness (QED) is 0.157. The molecule has 0 amide bonds. The van der Waals surface area contributed by atoms with Gasteiger partial charge in [-0.25, -0.2) is 4.58 Å². The van der Waals surface area contributed by atoms with Gasteiger partial charge >= 0.3 is 0 Å². The highest BCUT2D eigenvalue weighted by Crippen LogP contribution is 2.52. The van der Waals surface area contributed by atoms with E-state index in [0.29, 0.717) is 29.4 Å². The van der Waals surface area contributed by atoms with Gasteiger partial charge in [-0.05, 0) is 103 Å². The second-order valence-corrected chi connectivity index (χ2v) is 16.3. The minimum absolute atomic E-state index is 0.0589. The molecule has 0 N–H and O–H groups in total. The number of hydrogen-bond donors (Lipinski definition) is 0. The Kier molecular flexibility index (Phi) is 9.28. The van der Waals surface area contributed by atoms with Crippen LogP contribution in [0.3, 0.4) is 0 Å². The molecule has 2 aliphatic heterocycles. The van der Waals surface area contributed by atoms with Crippen molar-refractivity contribution in [1.82, 2.24) is 0 Å². The zero-order valence-corrected chi connectivity index (χ0v) is 30.2. The van der Waals surface area contributed by atoms with E-state index in [2.05, 4.69) is 144 Å². The number of allylic oxidation sites excluding steroid dienone is 9. The van der Waals surface area contributed by atoms with Crippen LogP contribution in [-0.2, 0) is 5.41 Å². The van der Waals surface area contributed by atoms with Gasteiger partial charge in [0, 0.05) is 47.8 Å². The van der Waals surface area contributed by atoms with E-state index in [1.807, 2.05) is 0 Å². The molecular formula is C44H56N3+. The van der Waals surface area contributed by atoms with Crippen molar-refractivity contribution in [3.05, 3.63) is 101 Å². The van der Waals surface area contributed by atoms with Crippen LogP contribution in [0.25, 0.3) is 10.8 Å². The summed E-state index contributed by atoms with van der Waals surface area (Å²) in [6.45, 7) is 20.8. The fraction of sp³-hybridized carbons (Fsp3) is 0.500. The number of rotatable bonds is 9. The third-order valence-corrected chi connectivity index (χ3v) is 11.5. The minimum Gasteiger partial charge on any atom is -0.344 e. The van der Waals surface area contributed by atoms with Crippen LogP contribution in [0.1, 0.15) is 99.5 Å². The zero-order valence-electron chi connectivity index (χ0n) is 30.2. The largest absolute Gasteiger partial charge is 0.344 e. The highest BCUT2D eigenvalue weighted by atomic mass is 15.2. The number of nitrogens with zero attached hydrogens (tertiary/aromatic N) is 3. The fourth-order valence-corrected chi connectivity index (χ4v) is 8.97. The lowest BCUT2D eigenvalue weighted by Crippen LogP contribution is -2.32. The van der Waals surface area contributed by atoms with Gasteiger partial charge in [0.2, 0.25) is 0 Å². The van der Waals surface area contributed by atoms with Crippen LogP contribution in [0, 0.1) is 34.5 Å². The van der Waals surface area contributed by atoms with Crippen molar-refractivity contribution < 1.29 is 4.58 Å². The number of nitriles is 1. The number of benzene rings is 2. The third-order valence-electron chi connectivity index (χ3n) is 11.5. The maximum atomic E-state index is 10.4. The molecule has 0 aromatic heterocycles. The normalized spacial score (nSPS) is 24.2. The van der Waals surface area contributed by atoms with Gasteiger partial charge in [-0.2, -0.15) is 5.26 Å². The van der Waals surface area contributed by atoms with Crippen LogP contribution >= 0.6 is 0 Å². The molecule has 2 aromatic rings. The van der Waals surface area contributed by atoms with Crippen molar-refractivity contribution in [2.24, 2.45) is 23.2 Å². The molecule has 246 valence electrons. The van der Waals surface area contributed by atoms with Crippen LogP contribution in [-0.4, -0.2) is 29.4 Å². The number of anilines is 1. The van der Waals surface area contributed by atoms with E-state index in [-0.39, 0.29) is 10.8 Å². The molecule has 4 aliphatic rings. The van der Waals surface area contributed by atoms with Gasteiger partial charge in [0.25, 0.3) is 0 Å². The predicted molar refractivity (Wildman–Crippen MR) is 200 cm³/mol. The highest BCUT2D eigenvalue weighted by molar-refractivity contribution is 6.00. The van der Waals surface area contributed by atoms with Crippen LogP contribution in [0.2, 0.25) is 0 Å². The number of fused-ring (bicyclic) bond motifs is 5. The number of hydrogen-bond acceptors (Lipinski definition) is 2. The Morgan fingerprint density at radius 2 is 1.74 bits per heavy atom. The molecule has 2 aromatic carbocycles. The van der Waals surface area contributed by atoms with Crippen LogP contribution in [0.5, 0.6) is 0 Å². The Morgan fingerprint density at radius 3 is 2.49 bits per heavy atom. The maximum Gasteiger partial charge on any atom is 0.186 e. The van der Waals surface area contributed by atoms with Gasteiger partial charge < -0.3 is 4.90 Å². The predicted octanol–water partition coefficient (Wildman–Crippen LogP) is 10.8. The van der Waals surface area contributed by atoms with Crippen molar-refractivity contribution in [3.8, 4) is 6.07 Å². The molecule has 0 bridgehead atoms. The Morgan fingerprint density at radius 1 is 0.979 bits per heavy atom. The first kappa shape index (κ1) is 33.3. The molecule has 3 heteroatoms. The molecule has 47 heavy (non-hydrogen) atoms. The van der Waals surface area contributed by atoms with Crippen molar-refractivity contribution >= 4 is 22.2 Å². The smallest absolute Gasteiger partial charge is 0.186 e. The third kappa shape index (κ3) is 6.10. The maximum absolute atomic E-state index is 10.4. The van der Waals surface area contributed by atoms with Crippen molar-refractivity contribution in [2.75, 3.05) is 18.0 Å². The average molecular weight is 627 g/mol. The van der Waals surface area contributed by atoms with E-state index in [1.54, 1.807) is 11.1 Å². The molecule has 0 spiro atoms. The summed E-state index contributed by atoms with van der Waals surface area (Å²) in [7, 11) is 0. The summed E-state index contributed by atoms with van der Waals surface area (Å²) in [6, 6.07) is 16.4. The van der Waals surface area contributed by atoms with Gasteiger partial charge in [-0.1, -0.05) is 84.0 Å². The van der Waals surface area contributed by atoms with Gasteiger partial charge in [-0.3, -0.25) is 0 Å². The van der Waals surface area contributed by atoms with Crippen molar-refractivity contribution in [1.29, 1.82) is 5.26 Å². The Labute approximate surface area is 284 Å². The monoisotopic (exact) mass is 626 g/mol. The summed E-state index contributed by atoms with van der Waals surface area (Å²) in [6.07, 6.45) is 20.8. The standard InChI is InChI=1S/C44H56N3/c1-30(2)25-27-46-37-21-19-33-13-9-11-15-35(33)41(37)43(5,6)39(46)23-17-32(29-45)18-24-40-44(7,8)42-36-16-12-10-14-34(36)20-22-38(42)47(40)28-26-31(3)4/h9,11-13,15-19,21,23-24,30-31,34,38H,10,14,20,22,25-28H2,1-8H3/q+1. The van der Waals surface area contributed by atoms with Gasteiger partial charge in [0.1, 0.15) is 6.54 Å². The lowest BCUT2D eigenvalue weighted by molar-refractivity contribution is -0.553. The van der Waals surface area contributed by atoms with Gasteiger partial charge in [0.05, 0.1) is 17.1 Å². The molecule has 0 saturated carbocycles. The summed E-state index contributed by atoms with van der Waals surface area (Å²) in [5, 5.41) is 13.0. The SMILES string of the molecule is CC(C)CCN1/C(=C/C=C(C#N)/C=C/C2=[N+](CCC(C)C)C3CCC4CCC=CC4=C3C2(C)C)C(C)(C)c2c1ccc1ccccc21. The molecular weight excluding hydrogens is 571 g/mol. The minimum atomic E-state index is -0.183. The van der Waals surface area contributed by atoms with E-state index < -0.39 is 0 Å². The average Bonchev–Trinajstić information content (AvgIpc) is 3.40. The van der Waals surface area contributed by atoms with Crippen molar-refractivity contribution in [2.45, 2.75) is 105 Å². The van der Waals surface area contributed by atoms with Gasteiger partial charge in [-0.15, -0.1) is 0 Å². The molecule has 2 atom stereocenters. The summed E-state index contributed by atoms with van der Waals surface area (Å²) in [4.78, 5) is 2.52. The molecule has 0 fully saturated rings. The summed E-state index contributed by atoms with van der Waals surface area (Å²) >= 11 is 0. The summed E-state index contributed by atoms with van der Waals surface area (Å²) < 4.78 is 2.71. The van der Waals surface area contributed by atoms with Crippen LogP contribution in [0.15, 0.2) is 95.3 Å². The molecule has 0 saturated heterocycles. The first-order valence-corrected chi connectivity index (χ1v) is 18.3. The highest BCUT2D eigenvalue weighted by Gasteiger charge is 2.53.